The molecule has 17 heavy (non-hydrogen) atoms. The van der Waals surface area contributed by atoms with E-state index in [2.05, 4.69) is 5.16 Å². The molecular formula is C12H19NO3S. The quantitative estimate of drug-likeness (QED) is 0.829. The van der Waals surface area contributed by atoms with Gasteiger partial charge in [-0.25, -0.2) is 0 Å². The second-order valence-electron chi connectivity index (χ2n) is 4.15. The van der Waals surface area contributed by atoms with Gasteiger partial charge in [-0.3, -0.25) is 0 Å². The van der Waals surface area contributed by atoms with Crippen molar-refractivity contribution in [3.05, 3.63) is 11.5 Å². The van der Waals surface area contributed by atoms with Crippen LogP contribution in [-0.4, -0.2) is 29.9 Å². The Hall–Kier alpha value is -0.520. The first kappa shape index (κ1) is 12.9. The summed E-state index contributed by atoms with van der Waals surface area (Å²) in [5, 5.41) is 4.31. The summed E-state index contributed by atoms with van der Waals surface area (Å²) in [5.74, 6) is 0.883. The first-order valence-corrected chi connectivity index (χ1v) is 6.93. The maximum Gasteiger partial charge on any atom is 0.169 e. The van der Waals surface area contributed by atoms with E-state index in [-0.39, 0.29) is 6.29 Å². The first-order chi connectivity index (χ1) is 8.22. The highest BCUT2D eigenvalue weighted by atomic mass is 32.2. The lowest BCUT2D eigenvalue weighted by molar-refractivity contribution is -0.155. The molecule has 0 N–H and O–H groups in total. The van der Waals surface area contributed by atoms with Crippen LogP contribution in [0.15, 0.2) is 9.42 Å². The summed E-state index contributed by atoms with van der Waals surface area (Å²) < 4.78 is 16.5. The lowest BCUT2D eigenvalue weighted by atomic mass is 10.2. The third-order valence-corrected chi connectivity index (χ3v) is 4.37. The third-order valence-electron chi connectivity index (χ3n) is 2.79. The van der Waals surface area contributed by atoms with E-state index in [0.29, 0.717) is 11.9 Å². The molecule has 0 aromatic carbocycles. The molecule has 1 aromatic rings. The van der Waals surface area contributed by atoms with Crippen molar-refractivity contribution in [3.63, 3.8) is 0 Å². The molecule has 4 nitrogen and oxygen atoms in total. The van der Waals surface area contributed by atoms with Crippen molar-refractivity contribution in [2.75, 3.05) is 13.2 Å². The first-order valence-electron chi connectivity index (χ1n) is 6.05. The van der Waals surface area contributed by atoms with Gasteiger partial charge in [0.05, 0.1) is 15.8 Å². The molecule has 1 saturated heterocycles. The lowest BCUT2D eigenvalue weighted by Gasteiger charge is -2.30. The number of thioether (sulfide) groups is 1. The molecule has 0 radical (unpaired) electrons. The van der Waals surface area contributed by atoms with Gasteiger partial charge in [0.2, 0.25) is 0 Å². The number of nitrogens with zero attached hydrogens (tertiary/aromatic N) is 1. The Balaban J connectivity index is 2.05. The average molecular weight is 257 g/mol. The fourth-order valence-corrected chi connectivity index (χ4v) is 3.22. The fraction of sp³-hybridized carbons (Fsp3) is 0.750. The predicted molar refractivity (Wildman–Crippen MR) is 66.2 cm³/mol. The summed E-state index contributed by atoms with van der Waals surface area (Å²) in [6.07, 6.45) is 2.09. The van der Waals surface area contributed by atoms with E-state index >= 15 is 0 Å². The molecule has 1 fully saturated rings. The summed E-state index contributed by atoms with van der Waals surface area (Å²) in [6.45, 7) is 7.39. The number of rotatable bonds is 4. The summed E-state index contributed by atoms with van der Waals surface area (Å²) in [5.41, 5.74) is 0.952. The molecule has 0 saturated carbocycles. The molecule has 2 rings (SSSR count). The van der Waals surface area contributed by atoms with Gasteiger partial charge >= 0.3 is 0 Å². The van der Waals surface area contributed by atoms with Crippen LogP contribution < -0.4 is 0 Å². The Bertz CT molecular complexity index is 345. The van der Waals surface area contributed by atoms with Gasteiger partial charge in [0, 0.05) is 13.2 Å². The zero-order valence-corrected chi connectivity index (χ0v) is 11.4. The molecule has 0 bridgehead atoms. The predicted octanol–water partition coefficient (Wildman–Crippen LogP) is 2.93. The largest absolute Gasteiger partial charge is 0.360 e. The fourth-order valence-electron chi connectivity index (χ4n) is 1.96. The SMILES string of the molecule is CCOC1OCCCC1Sc1c(C)noc1C. The van der Waals surface area contributed by atoms with Crippen LogP contribution >= 0.6 is 11.8 Å². The van der Waals surface area contributed by atoms with E-state index in [4.69, 9.17) is 14.0 Å². The molecule has 2 atom stereocenters. The van der Waals surface area contributed by atoms with Crippen LogP contribution in [0.1, 0.15) is 31.2 Å². The maximum atomic E-state index is 5.67. The molecule has 5 heteroatoms. The second kappa shape index (κ2) is 5.89. The highest BCUT2D eigenvalue weighted by Gasteiger charge is 2.29. The zero-order valence-electron chi connectivity index (χ0n) is 10.6. The van der Waals surface area contributed by atoms with Crippen molar-refractivity contribution < 1.29 is 14.0 Å². The minimum absolute atomic E-state index is 0.104. The van der Waals surface area contributed by atoms with E-state index in [1.54, 1.807) is 11.8 Å². The maximum absolute atomic E-state index is 5.67. The van der Waals surface area contributed by atoms with Crippen molar-refractivity contribution in [1.82, 2.24) is 5.16 Å². The lowest BCUT2D eigenvalue weighted by Crippen LogP contribution is -2.34. The number of aryl methyl sites for hydroxylation is 2. The highest BCUT2D eigenvalue weighted by molar-refractivity contribution is 8.00. The number of hydrogen-bond donors (Lipinski definition) is 0. The second-order valence-corrected chi connectivity index (χ2v) is 5.40. The topological polar surface area (TPSA) is 44.5 Å². The number of ether oxygens (including phenoxy) is 2. The van der Waals surface area contributed by atoms with E-state index in [1.807, 2.05) is 20.8 Å². The molecule has 0 spiro atoms. The Morgan fingerprint density at radius 1 is 1.47 bits per heavy atom. The Morgan fingerprint density at radius 3 is 2.94 bits per heavy atom. The molecule has 0 amide bonds. The van der Waals surface area contributed by atoms with Crippen LogP contribution in [-0.2, 0) is 9.47 Å². The van der Waals surface area contributed by atoms with Crippen LogP contribution in [0.3, 0.4) is 0 Å². The van der Waals surface area contributed by atoms with Crippen LogP contribution in [0.4, 0.5) is 0 Å². The summed E-state index contributed by atoms with van der Waals surface area (Å²) in [6, 6.07) is 0. The van der Waals surface area contributed by atoms with Crippen molar-refractivity contribution >= 4 is 11.8 Å². The highest BCUT2D eigenvalue weighted by Crippen LogP contribution is 2.36. The molecule has 96 valence electrons. The van der Waals surface area contributed by atoms with Gasteiger partial charge in [-0.05, 0) is 33.6 Å². The summed E-state index contributed by atoms with van der Waals surface area (Å²) >= 11 is 1.77. The van der Waals surface area contributed by atoms with Gasteiger partial charge in [0.1, 0.15) is 5.76 Å². The zero-order chi connectivity index (χ0) is 12.3. The average Bonchev–Trinajstić information content (AvgIpc) is 2.64. The van der Waals surface area contributed by atoms with Gasteiger partial charge < -0.3 is 14.0 Å². The van der Waals surface area contributed by atoms with Crippen LogP contribution in [0.5, 0.6) is 0 Å². The van der Waals surface area contributed by atoms with Gasteiger partial charge in [-0.2, -0.15) is 0 Å². The summed E-state index contributed by atoms with van der Waals surface area (Å²) in [4.78, 5) is 1.13. The molecule has 1 aliphatic heterocycles. The van der Waals surface area contributed by atoms with E-state index in [9.17, 15) is 0 Å². The van der Waals surface area contributed by atoms with Crippen LogP contribution in [0.25, 0.3) is 0 Å². The minimum Gasteiger partial charge on any atom is -0.360 e. The monoisotopic (exact) mass is 257 g/mol. The number of hydrogen-bond acceptors (Lipinski definition) is 5. The van der Waals surface area contributed by atoms with Gasteiger partial charge in [-0.15, -0.1) is 11.8 Å². The van der Waals surface area contributed by atoms with Crippen molar-refractivity contribution in [2.24, 2.45) is 0 Å². The van der Waals surface area contributed by atoms with Crippen molar-refractivity contribution in [3.8, 4) is 0 Å². The molecular weight excluding hydrogens is 238 g/mol. The van der Waals surface area contributed by atoms with E-state index < -0.39 is 0 Å². The van der Waals surface area contributed by atoms with Gasteiger partial charge in [0.25, 0.3) is 0 Å². The molecule has 0 aliphatic carbocycles. The van der Waals surface area contributed by atoms with Gasteiger partial charge in [0.15, 0.2) is 6.29 Å². The molecule has 1 aromatic heterocycles. The van der Waals surface area contributed by atoms with Crippen molar-refractivity contribution in [2.45, 2.75) is 50.0 Å². The van der Waals surface area contributed by atoms with Gasteiger partial charge in [-0.1, -0.05) is 5.16 Å². The standard InChI is InChI=1S/C12H19NO3S/c1-4-14-12-10(6-5-7-15-12)17-11-8(2)13-16-9(11)3/h10,12H,4-7H2,1-3H3. The van der Waals surface area contributed by atoms with E-state index in [0.717, 1.165) is 35.8 Å². The summed E-state index contributed by atoms with van der Waals surface area (Å²) in [7, 11) is 0. The minimum atomic E-state index is -0.104. The van der Waals surface area contributed by atoms with Crippen LogP contribution in [0, 0.1) is 13.8 Å². The smallest absolute Gasteiger partial charge is 0.169 e. The normalized spacial score (nSPS) is 25.1. The third kappa shape index (κ3) is 3.03. The Kier molecular flexibility index (Phi) is 4.48. The molecule has 1 aliphatic rings. The van der Waals surface area contributed by atoms with Crippen LogP contribution in [0.2, 0.25) is 0 Å². The number of aromatic nitrogens is 1. The Morgan fingerprint density at radius 2 is 2.29 bits per heavy atom. The Labute approximate surface area is 106 Å². The molecule has 2 unspecified atom stereocenters. The molecule has 2 heterocycles. The van der Waals surface area contributed by atoms with Crippen molar-refractivity contribution in [1.29, 1.82) is 0 Å². The van der Waals surface area contributed by atoms with E-state index in [1.165, 1.54) is 0 Å².